The Labute approximate surface area is 91.1 Å². The first kappa shape index (κ1) is 10.0. The van der Waals surface area contributed by atoms with E-state index >= 15 is 0 Å². The van der Waals surface area contributed by atoms with Gasteiger partial charge in [0.2, 0.25) is 0 Å². The summed E-state index contributed by atoms with van der Waals surface area (Å²) in [7, 11) is 1.98. The van der Waals surface area contributed by atoms with Crippen molar-refractivity contribution in [3.05, 3.63) is 42.0 Å². The van der Waals surface area contributed by atoms with E-state index < -0.39 is 0 Å². The van der Waals surface area contributed by atoms with Crippen molar-refractivity contribution >= 4 is 16.5 Å². The lowest BCUT2D eigenvalue weighted by Gasteiger charge is -2.09. The number of fused-ring (bicyclic) bond motifs is 1. The lowest BCUT2D eigenvalue weighted by molar-refractivity contribution is 0.924. The number of hydrogen-bond acceptors (Lipinski definition) is 1. The molecule has 0 unspecified atom stereocenters. The van der Waals surface area contributed by atoms with Gasteiger partial charge in [-0.3, -0.25) is 0 Å². The van der Waals surface area contributed by atoms with E-state index in [0.29, 0.717) is 0 Å². The molecule has 1 N–H and O–H groups in total. The molecule has 0 bridgehead atoms. The third kappa shape index (κ3) is 1.96. The molecule has 0 atom stereocenters. The first-order chi connectivity index (χ1) is 7.35. The summed E-state index contributed by atoms with van der Waals surface area (Å²) in [6, 6.07) is 13.1. The first-order valence-electron chi connectivity index (χ1n) is 5.54. The number of benzene rings is 2. The molecule has 1 nitrogen and oxygen atoms in total. The van der Waals surface area contributed by atoms with Gasteiger partial charge in [-0.05, 0) is 23.4 Å². The molecule has 1 heteroatoms. The second-order valence-corrected chi connectivity index (χ2v) is 3.86. The van der Waals surface area contributed by atoms with Crippen LogP contribution in [0.15, 0.2) is 36.4 Å². The van der Waals surface area contributed by atoms with Crippen LogP contribution < -0.4 is 5.32 Å². The van der Waals surface area contributed by atoms with Gasteiger partial charge in [0.1, 0.15) is 0 Å². The second-order valence-electron chi connectivity index (χ2n) is 3.86. The zero-order valence-electron chi connectivity index (χ0n) is 9.38. The van der Waals surface area contributed by atoms with Crippen molar-refractivity contribution in [2.75, 3.05) is 12.4 Å². The molecule has 2 aromatic rings. The summed E-state index contributed by atoms with van der Waals surface area (Å²) in [4.78, 5) is 0. The van der Waals surface area contributed by atoms with Gasteiger partial charge >= 0.3 is 0 Å². The molecule has 0 fully saturated rings. The van der Waals surface area contributed by atoms with Crippen LogP contribution in [0.5, 0.6) is 0 Å². The molecule has 15 heavy (non-hydrogen) atoms. The maximum atomic E-state index is 3.27. The van der Waals surface area contributed by atoms with Crippen LogP contribution in [-0.4, -0.2) is 7.05 Å². The maximum absolute atomic E-state index is 3.27. The highest BCUT2D eigenvalue weighted by molar-refractivity contribution is 5.94. The standard InChI is InChI=1S/C14H17N/c1-3-6-11-9-12-7-4-5-8-13(12)14(10-11)15-2/h4-5,7-10,15H,3,6H2,1-2H3. The monoisotopic (exact) mass is 199 g/mol. The Hall–Kier alpha value is -1.50. The molecule has 2 aromatic carbocycles. The summed E-state index contributed by atoms with van der Waals surface area (Å²) >= 11 is 0. The van der Waals surface area contributed by atoms with Gasteiger partial charge in [0.05, 0.1) is 0 Å². The molecule has 0 aliphatic carbocycles. The Morgan fingerprint density at radius 1 is 1.13 bits per heavy atom. The molecule has 0 saturated carbocycles. The molecule has 0 aliphatic heterocycles. The normalized spacial score (nSPS) is 10.5. The van der Waals surface area contributed by atoms with Gasteiger partial charge in [-0.1, -0.05) is 43.7 Å². The molecular weight excluding hydrogens is 182 g/mol. The van der Waals surface area contributed by atoms with Gasteiger partial charge in [0.15, 0.2) is 0 Å². The maximum Gasteiger partial charge on any atom is 0.0420 e. The van der Waals surface area contributed by atoms with Crippen molar-refractivity contribution in [1.82, 2.24) is 0 Å². The predicted octanol–water partition coefficient (Wildman–Crippen LogP) is 3.83. The van der Waals surface area contributed by atoms with E-state index in [0.717, 1.165) is 6.42 Å². The average Bonchev–Trinajstić information content (AvgIpc) is 2.28. The Morgan fingerprint density at radius 2 is 1.93 bits per heavy atom. The highest BCUT2D eigenvalue weighted by atomic mass is 14.8. The van der Waals surface area contributed by atoms with E-state index in [9.17, 15) is 0 Å². The predicted molar refractivity (Wildman–Crippen MR) is 67.5 cm³/mol. The zero-order valence-corrected chi connectivity index (χ0v) is 9.38. The van der Waals surface area contributed by atoms with Crippen molar-refractivity contribution in [3.8, 4) is 0 Å². The van der Waals surface area contributed by atoms with Crippen molar-refractivity contribution < 1.29 is 0 Å². The fourth-order valence-electron chi connectivity index (χ4n) is 2.01. The number of nitrogens with one attached hydrogen (secondary N) is 1. The van der Waals surface area contributed by atoms with Crippen LogP contribution in [0.4, 0.5) is 5.69 Å². The molecule has 0 aliphatic rings. The number of aryl methyl sites for hydroxylation is 1. The summed E-state index contributed by atoms with van der Waals surface area (Å²) in [5.74, 6) is 0. The molecule has 0 aromatic heterocycles. The van der Waals surface area contributed by atoms with E-state index in [1.807, 2.05) is 7.05 Å². The zero-order chi connectivity index (χ0) is 10.7. The lowest BCUT2D eigenvalue weighted by atomic mass is 10.0. The minimum atomic E-state index is 1.15. The fourth-order valence-corrected chi connectivity index (χ4v) is 2.01. The fraction of sp³-hybridized carbons (Fsp3) is 0.286. The Morgan fingerprint density at radius 3 is 2.67 bits per heavy atom. The quantitative estimate of drug-likeness (QED) is 0.792. The topological polar surface area (TPSA) is 12.0 Å². The van der Waals surface area contributed by atoms with E-state index in [1.54, 1.807) is 0 Å². The molecule has 0 spiro atoms. The van der Waals surface area contributed by atoms with Crippen LogP contribution >= 0.6 is 0 Å². The molecule has 0 amide bonds. The first-order valence-corrected chi connectivity index (χ1v) is 5.54. The van der Waals surface area contributed by atoms with Gasteiger partial charge in [-0.15, -0.1) is 0 Å². The van der Waals surface area contributed by atoms with Gasteiger partial charge in [-0.25, -0.2) is 0 Å². The molecule has 0 heterocycles. The van der Waals surface area contributed by atoms with Crippen LogP contribution in [0.2, 0.25) is 0 Å². The summed E-state index contributed by atoms with van der Waals surface area (Å²) in [5, 5.41) is 5.90. The Balaban J connectivity index is 2.60. The molecule has 0 radical (unpaired) electrons. The van der Waals surface area contributed by atoms with E-state index in [2.05, 4.69) is 48.6 Å². The third-order valence-corrected chi connectivity index (χ3v) is 2.73. The number of rotatable bonds is 3. The van der Waals surface area contributed by atoms with Crippen LogP contribution in [0, 0.1) is 0 Å². The van der Waals surface area contributed by atoms with Crippen molar-refractivity contribution in [3.63, 3.8) is 0 Å². The smallest absolute Gasteiger partial charge is 0.0420 e. The van der Waals surface area contributed by atoms with Gasteiger partial charge in [-0.2, -0.15) is 0 Å². The van der Waals surface area contributed by atoms with Crippen molar-refractivity contribution in [1.29, 1.82) is 0 Å². The Kier molecular flexibility index (Phi) is 2.91. The molecule has 2 rings (SSSR count). The number of hydrogen-bond donors (Lipinski definition) is 1. The summed E-state index contributed by atoms with van der Waals surface area (Å²) in [6.07, 6.45) is 2.35. The molecule has 78 valence electrons. The van der Waals surface area contributed by atoms with Gasteiger partial charge in [0, 0.05) is 18.1 Å². The average molecular weight is 199 g/mol. The summed E-state index contributed by atoms with van der Waals surface area (Å²) in [6.45, 7) is 2.22. The van der Waals surface area contributed by atoms with E-state index in [-0.39, 0.29) is 0 Å². The minimum absolute atomic E-state index is 1.15. The summed E-state index contributed by atoms with van der Waals surface area (Å²) in [5.41, 5.74) is 2.65. The van der Waals surface area contributed by atoms with Crippen molar-refractivity contribution in [2.45, 2.75) is 19.8 Å². The lowest BCUT2D eigenvalue weighted by Crippen LogP contribution is -1.92. The van der Waals surface area contributed by atoms with Crippen molar-refractivity contribution in [2.24, 2.45) is 0 Å². The second kappa shape index (κ2) is 4.35. The van der Waals surface area contributed by atoms with Crippen LogP contribution in [0.3, 0.4) is 0 Å². The van der Waals surface area contributed by atoms with Gasteiger partial charge < -0.3 is 5.32 Å². The SMILES string of the molecule is CCCc1cc(NC)c2ccccc2c1. The van der Waals surface area contributed by atoms with E-state index in [1.165, 1.54) is 28.4 Å². The molecule has 0 saturated heterocycles. The largest absolute Gasteiger partial charge is 0.388 e. The molecular formula is C14H17N. The highest BCUT2D eigenvalue weighted by Gasteiger charge is 2.01. The van der Waals surface area contributed by atoms with Crippen LogP contribution in [0.25, 0.3) is 10.8 Å². The van der Waals surface area contributed by atoms with E-state index in [4.69, 9.17) is 0 Å². The number of anilines is 1. The van der Waals surface area contributed by atoms with Crippen LogP contribution in [0.1, 0.15) is 18.9 Å². The van der Waals surface area contributed by atoms with Crippen LogP contribution in [-0.2, 0) is 6.42 Å². The minimum Gasteiger partial charge on any atom is -0.388 e. The highest BCUT2D eigenvalue weighted by Crippen LogP contribution is 2.25. The Bertz CT molecular complexity index is 460. The van der Waals surface area contributed by atoms with Gasteiger partial charge in [0.25, 0.3) is 0 Å². The third-order valence-electron chi connectivity index (χ3n) is 2.73. The summed E-state index contributed by atoms with van der Waals surface area (Å²) < 4.78 is 0.